The van der Waals surface area contributed by atoms with Crippen LogP contribution in [0.2, 0.25) is 0 Å². The van der Waals surface area contributed by atoms with Crippen molar-refractivity contribution in [2.45, 2.75) is 20.0 Å². The molecular weight excluding hydrogens is 259 g/mol. The first-order chi connectivity index (χ1) is 9.69. The summed E-state index contributed by atoms with van der Waals surface area (Å²) >= 11 is 0. The van der Waals surface area contributed by atoms with E-state index in [-0.39, 0.29) is 5.82 Å². The van der Waals surface area contributed by atoms with Crippen molar-refractivity contribution in [3.8, 4) is 11.4 Å². The molecule has 0 saturated heterocycles. The van der Waals surface area contributed by atoms with Crippen LogP contribution in [-0.2, 0) is 17.8 Å². The van der Waals surface area contributed by atoms with Gasteiger partial charge in [-0.25, -0.2) is 20.2 Å². The average molecular weight is 274 g/mol. The Labute approximate surface area is 116 Å². The van der Waals surface area contributed by atoms with Crippen molar-refractivity contribution < 1.29 is 9.13 Å². The highest BCUT2D eigenvalue weighted by molar-refractivity contribution is 5.63. The summed E-state index contributed by atoms with van der Waals surface area (Å²) in [6.07, 6.45) is 0.722. The lowest BCUT2D eigenvalue weighted by molar-refractivity contribution is 0.109. The minimum atomic E-state index is -0.269. The van der Waals surface area contributed by atoms with Crippen molar-refractivity contribution in [2.24, 2.45) is 5.84 Å². The van der Waals surface area contributed by atoms with Gasteiger partial charge in [0.15, 0.2) is 5.82 Å². The topological polar surface area (TPSA) is 73.1 Å². The van der Waals surface area contributed by atoms with Gasteiger partial charge in [-0.2, -0.15) is 0 Å². The summed E-state index contributed by atoms with van der Waals surface area (Å²) < 4.78 is 18.6. The highest BCUT2D eigenvalue weighted by Gasteiger charge is 2.19. The maximum atomic E-state index is 13.2. The number of ether oxygens (including phenoxy) is 1. The molecule has 3 N–H and O–H groups in total. The molecule has 0 saturated carbocycles. The summed E-state index contributed by atoms with van der Waals surface area (Å²) in [6, 6.07) is 4.56. The molecule has 5 nitrogen and oxygen atoms in total. The van der Waals surface area contributed by atoms with E-state index in [0.717, 1.165) is 28.8 Å². The fourth-order valence-electron chi connectivity index (χ4n) is 2.35. The van der Waals surface area contributed by atoms with E-state index in [0.29, 0.717) is 24.9 Å². The number of hydrogen-bond acceptors (Lipinski definition) is 5. The van der Waals surface area contributed by atoms with Crippen LogP contribution in [0.4, 0.5) is 10.2 Å². The van der Waals surface area contributed by atoms with Crippen LogP contribution in [-0.4, -0.2) is 16.6 Å². The van der Waals surface area contributed by atoms with Crippen LogP contribution in [0, 0.1) is 12.7 Å². The Hall–Kier alpha value is -2.05. The predicted octanol–water partition coefficient (Wildman–Crippen LogP) is 1.95. The van der Waals surface area contributed by atoms with E-state index in [1.165, 1.54) is 12.1 Å². The quantitative estimate of drug-likeness (QED) is 0.647. The Bertz CT molecular complexity index is 643. The van der Waals surface area contributed by atoms with Gasteiger partial charge in [-0.1, -0.05) is 0 Å². The largest absolute Gasteiger partial charge is 0.376 e. The van der Waals surface area contributed by atoms with Crippen LogP contribution in [0.5, 0.6) is 0 Å². The summed E-state index contributed by atoms with van der Waals surface area (Å²) in [5.41, 5.74) is 6.01. The van der Waals surface area contributed by atoms with Crippen LogP contribution in [0.15, 0.2) is 18.2 Å². The van der Waals surface area contributed by atoms with E-state index >= 15 is 0 Å². The molecule has 0 radical (unpaired) electrons. The van der Waals surface area contributed by atoms with E-state index in [9.17, 15) is 4.39 Å². The maximum absolute atomic E-state index is 13.2. The standard InChI is InChI=1S/C14H15FN4O/c1-8-6-9(15)2-3-10(8)13-17-12-4-5-20-7-11(12)14(18-13)19-16/h2-3,6H,4-5,7,16H2,1H3,(H,17,18,19). The van der Waals surface area contributed by atoms with Gasteiger partial charge in [0.1, 0.15) is 11.6 Å². The molecule has 2 heterocycles. The van der Waals surface area contributed by atoms with Crippen molar-refractivity contribution in [2.75, 3.05) is 12.0 Å². The molecule has 104 valence electrons. The van der Waals surface area contributed by atoms with Gasteiger partial charge in [-0.15, -0.1) is 0 Å². The van der Waals surface area contributed by atoms with Crippen LogP contribution >= 0.6 is 0 Å². The number of halogens is 1. The maximum Gasteiger partial charge on any atom is 0.162 e. The predicted molar refractivity (Wildman–Crippen MR) is 73.3 cm³/mol. The van der Waals surface area contributed by atoms with Crippen LogP contribution in [0.3, 0.4) is 0 Å². The second-order valence-electron chi connectivity index (χ2n) is 4.73. The van der Waals surface area contributed by atoms with Crippen molar-refractivity contribution in [1.29, 1.82) is 0 Å². The second-order valence-corrected chi connectivity index (χ2v) is 4.73. The van der Waals surface area contributed by atoms with Gasteiger partial charge < -0.3 is 10.2 Å². The molecule has 1 aliphatic rings. The minimum Gasteiger partial charge on any atom is -0.376 e. The molecular formula is C14H15FN4O. The molecule has 0 atom stereocenters. The molecule has 2 aromatic rings. The third-order valence-corrected chi connectivity index (χ3v) is 3.39. The number of hydrogen-bond donors (Lipinski definition) is 2. The number of fused-ring (bicyclic) bond motifs is 1. The van der Waals surface area contributed by atoms with Gasteiger partial charge in [-0.3, -0.25) is 0 Å². The first kappa shape index (κ1) is 13.0. The molecule has 0 spiro atoms. The summed E-state index contributed by atoms with van der Waals surface area (Å²) in [5.74, 6) is 6.37. The number of nitrogens with zero attached hydrogens (tertiary/aromatic N) is 2. The van der Waals surface area contributed by atoms with Gasteiger partial charge in [-0.05, 0) is 30.7 Å². The number of nitrogen functional groups attached to an aromatic ring is 1. The van der Waals surface area contributed by atoms with Gasteiger partial charge in [0, 0.05) is 17.5 Å². The smallest absolute Gasteiger partial charge is 0.162 e. The normalized spacial score (nSPS) is 13.9. The number of benzene rings is 1. The Balaban J connectivity index is 2.14. The van der Waals surface area contributed by atoms with E-state index in [1.807, 2.05) is 6.92 Å². The summed E-state index contributed by atoms with van der Waals surface area (Å²) in [4.78, 5) is 8.99. The minimum absolute atomic E-state index is 0.269. The highest BCUT2D eigenvalue weighted by Crippen LogP contribution is 2.27. The zero-order valence-electron chi connectivity index (χ0n) is 11.1. The zero-order chi connectivity index (χ0) is 14.1. The number of rotatable bonds is 2. The molecule has 1 aliphatic heterocycles. The van der Waals surface area contributed by atoms with E-state index < -0.39 is 0 Å². The van der Waals surface area contributed by atoms with E-state index in [4.69, 9.17) is 10.6 Å². The Morgan fingerprint density at radius 1 is 1.35 bits per heavy atom. The molecule has 3 rings (SSSR count). The molecule has 1 aromatic carbocycles. The number of nitrogens with two attached hydrogens (primary N) is 1. The van der Waals surface area contributed by atoms with E-state index in [2.05, 4.69) is 15.4 Å². The summed E-state index contributed by atoms with van der Waals surface area (Å²) in [6.45, 7) is 2.92. The lowest BCUT2D eigenvalue weighted by Gasteiger charge is -2.19. The first-order valence-electron chi connectivity index (χ1n) is 6.39. The molecule has 0 amide bonds. The fourth-order valence-corrected chi connectivity index (χ4v) is 2.35. The highest BCUT2D eigenvalue weighted by atomic mass is 19.1. The van der Waals surface area contributed by atoms with Gasteiger partial charge in [0.2, 0.25) is 0 Å². The second kappa shape index (κ2) is 5.15. The number of hydrazine groups is 1. The Morgan fingerprint density at radius 3 is 2.95 bits per heavy atom. The van der Waals surface area contributed by atoms with Crippen LogP contribution in [0.25, 0.3) is 11.4 Å². The number of nitrogens with one attached hydrogen (secondary N) is 1. The Kier molecular flexibility index (Phi) is 3.33. The summed E-state index contributed by atoms with van der Waals surface area (Å²) in [7, 11) is 0. The van der Waals surface area contributed by atoms with E-state index in [1.54, 1.807) is 6.07 Å². The van der Waals surface area contributed by atoms with Gasteiger partial charge in [0.25, 0.3) is 0 Å². The average Bonchev–Trinajstić information content (AvgIpc) is 2.46. The van der Waals surface area contributed by atoms with Crippen molar-refractivity contribution in [3.63, 3.8) is 0 Å². The lowest BCUT2D eigenvalue weighted by atomic mass is 10.1. The van der Waals surface area contributed by atoms with Crippen molar-refractivity contribution >= 4 is 5.82 Å². The molecule has 20 heavy (non-hydrogen) atoms. The monoisotopic (exact) mass is 274 g/mol. The van der Waals surface area contributed by atoms with Crippen molar-refractivity contribution in [3.05, 3.63) is 40.8 Å². The van der Waals surface area contributed by atoms with Crippen LogP contribution < -0.4 is 11.3 Å². The molecule has 0 unspecified atom stereocenters. The molecule has 1 aromatic heterocycles. The van der Waals surface area contributed by atoms with Gasteiger partial charge in [0.05, 0.1) is 18.9 Å². The third kappa shape index (κ3) is 2.23. The molecule has 0 bridgehead atoms. The SMILES string of the molecule is Cc1cc(F)ccc1-c1nc2c(c(NN)n1)COCC2. The number of anilines is 1. The lowest BCUT2D eigenvalue weighted by Crippen LogP contribution is -2.19. The summed E-state index contributed by atoms with van der Waals surface area (Å²) in [5, 5.41) is 0. The van der Waals surface area contributed by atoms with Crippen LogP contribution in [0.1, 0.15) is 16.8 Å². The third-order valence-electron chi connectivity index (χ3n) is 3.39. The fraction of sp³-hybridized carbons (Fsp3) is 0.286. The first-order valence-corrected chi connectivity index (χ1v) is 6.39. The van der Waals surface area contributed by atoms with Crippen molar-refractivity contribution in [1.82, 2.24) is 9.97 Å². The zero-order valence-corrected chi connectivity index (χ0v) is 11.1. The van der Waals surface area contributed by atoms with Gasteiger partial charge >= 0.3 is 0 Å². The molecule has 0 fully saturated rings. The molecule has 6 heteroatoms. The Morgan fingerprint density at radius 2 is 2.20 bits per heavy atom. The molecule has 0 aliphatic carbocycles. The number of aromatic nitrogens is 2. The number of aryl methyl sites for hydroxylation is 1.